The highest BCUT2D eigenvalue weighted by molar-refractivity contribution is 5.25. The highest BCUT2D eigenvalue weighted by Gasteiger charge is 2.46. The molecule has 3 rings (SSSR count). The van der Waals surface area contributed by atoms with Crippen molar-refractivity contribution in [3.8, 4) is 5.75 Å². The van der Waals surface area contributed by atoms with Crippen molar-refractivity contribution in [2.45, 2.75) is 37.3 Å². The van der Waals surface area contributed by atoms with Crippen LogP contribution in [0.25, 0.3) is 0 Å². The van der Waals surface area contributed by atoms with E-state index in [9.17, 15) is 13.9 Å². The van der Waals surface area contributed by atoms with Gasteiger partial charge in [0.1, 0.15) is 11.9 Å². The van der Waals surface area contributed by atoms with Gasteiger partial charge in [-0.05, 0) is 18.6 Å². The summed E-state index contributed by atoms with van der Waals surface area (Å²) in [6, 6.07) is 2.99. The van der Waals surface area contributed by atoms with Gasteiger partial charge in [0.2, 0.25) is 0 Å². The minimum atomic E-state index is -0.756. The van der Waals surface area contributed by atoms with E-state index in [2.05, 4.69) is 0 Å². The van der Waals surface area contributed by atoms with Gasteiger partial charge in [-0.1, -0.05) is 0 Å². The van der Waals surface area contributed by atoms with Gasteiger partial charge >= 0.3 is 0 Å². The second-order valence-electron chi connectivity index (χ2n) is 5.15. The molecule has 2 aliphatic rings. The molecule has 110 valence electrons. The molecule has 1 saturated carbocycles. The van der Waals surface area contributed by atoms with Crippen LogP contribution in [0.3, 0.4) is 0 Å². The molecule has 1 aliphatic carbocycles. The molecule has 1 heterocycles. The molecule has 1 aromatic rings. The predicted molar refractivity (Wildman–Crippen MR) is 65.3 cm³/mol. The monoisotopic (exact) mass is 286 g/mol. The Kier molecular flexibility index (Phi) is 3.62. The fourth-order valence-electron chi connectivity index (χ4n) is 2.71. The summed E-state index contributed by atoms with van der Waals surface area (Å²) in [6.45, 7) is 0.994. The average Bonchev–Trinajstić information content (AvgIpc) is 2.87. The third-order valence-electron chi connectivity index (χ3n) is 3.75. The fourth-order valence-corrected chi connectivity index (χ4v) is 2.71. The maximum Gasteiger partial charge on any atom is 0.172 e. The minimum Gasteiger partial charge on any atom is -0.484 e. The maximum atomic E-state index is 13.6. The lowest BCUT2D eigenvalue weighted by molar-refractivity contribution is -0.209. The van der Waals surface area contributed by atoms with Gasteiger partial charge in [-0.2, -0.15) is 0 Å². The molecule has 1 spiro atoms. The van der Waals surface area contributed by atoms with Crippen LogP contribution < -0.4 is 4.74 Å². The summed E-state index contributed by atoms with van der Waals surface area (Å²) < 4.78 is 43.3. The summed E-state index contributed by atoms with van der Waals surface area (Å²) in [4.78, 5) is 0. The number of aliphatic hydroxyl groups is 1. The molecule has 1 aromatic carbocycles. The molecule has 0 radical (unpaired) electrons. The lowest BCUT2D eigenvalue weighted by Crippen LogP contribution is -2.47. The van der Waals surface area contributed by atoms with Crippen molar-refractivity contribution in [3.05, 3.63) is 29.8 Å². The third kappa shape index (κ3) is 2.63. The van der Waals surface area contributed by atoms with Gasteiger partial charge in [0.15, 0.2) is 17.4 Å². The molecule has 4 nitrogen and oxygen atoms in total. The molecule has 2 unspecified atom stereocenters. The third-order valence-corrected chi connectivity index (χ3v) is 3.75. The van der Waals surface area contributed by atoms with Crippen LogP contribution in [0.15, 0.2) is 18.2 Å². The highest BCUT2D eigenvalue weighted by Crippen LogP contribution is 2.37. The minimum absolute atomic E-state index is 0.205. The van der Waals surface area contributed by atoms with E-state index in [0.717, 1.165) is 18.2 Å². The van der Waals surface area contributed by atoms with Crippen LogP contribution in [0.4, 0.5) is 8.78 Å². The Morgan fingerprint density at radius 3 is 2.75 bits per heavy atom. The first-order chi connectivity index (χ1) is 9.58. The molecule has 0 amide bonds. The first-order valence-electron chi connectivity index (χ1n) is 6.66. The lowest BCUT2D eigenvalue weighted by Gasteiger charge is -2.38. The molecular weight excluding hydrogens is 270 g/mol. The summed E-state index contributed by atoms with van der Waals surface area (Å²) >= 11 is 0. The van der Waals surface area contributed by atoms with E-state index >= 15 is 0 Å². The zero-order valence-electron chi connectivity index (χ0n) is 10.9. The van der Waals surface area contributed by atoms with Crippen molar-refractivity contribution in [1.82, 2.24) is 0 Å². The van der Waals surface area contributed by atoms with Gasteiger partial charge < -0.3 is 19.3 Å². The average molecular weight is 286 g/mol. The van der Waals surface area contributed by atoms with E-state index in [1.165, 1.54) is 0 Å². The van der Waals surface area contributed by atoms with Gasteiger partial charge in [-0.15, -0.1) is 0 Å². The van der Waals surface area contributed by atoms with Crippen molar-refractivity contribution in [1.29, 1.82) is 0 Å². The second kappa shape index (κ2) is 5.27. The molecule has 0 aromatic heterocycles. The number of aliphatic hydroxyl groups excluding tert-OH is 1. The van der Waals surface area contributed by atoms with E-state index in [-0.39, 0.29) is 5.75 Å². The number of hydrogen-bond donors (Lipinski definition) is 1. The number of rotatable bonds is 2. The SMILES string of the molecule is OC1CCC2(CC1Oc1cc(F)ccc1F)OCCO2. The lowest BCUT2D eigenvalue weighted by atomic mass is 9.89. The zero-order valence-corrected chi connectivity index (χ0v) is 10.9. The van der Waals surface area contributed by atoms with E-state index < -0.39 is 29.6 Å². The number of benzene rings is 1. The Labute approximate surface area is 115 Å². The van der Waals surface area contributed by atoms with E-state index in [0.29, 0.717) is 32.5 Å². The molecule has 0 bridgehead atoms. The summed E-state index contributed by atoms with van der Waals surface area (Å²) in [5.41, 5.74) is 0. The van der Waals surface area contributed by atoms with Crippen LogP contribution >= 0.6 is 0 Å². The van der Waals surface area contributed by atoms with Crippen molar-refractivity contribution < 1.29 is 28.1 Å². The Hall–Kier alpha value is -1.24. The largest absolute Gasteiger partial charge is 0.484 e. The molecule has 1 aliphatic heterocycles. The van der Waals surface area contributed by atoms with Crippen molar-refractivity contribution >= 4 is 0 Å². The van der Waals surface area contributed by atoms with E-state index in [1.54, 1.807) is 0 Å². The Balaban J connectivity index is 1.76. The first kappa shape index (κ1) is 13.7. The summed E-state index contributed by atoms with van der Waals surface area (Å²) in [6.07, 6.45) is -0.139. The summed E-state index contributed by atoms with van der Waals surface area (Å²) in [5.74, 6) is -2.21. The van der Waals surface area contributed by atoms with Crippen LogP contribution in [0.2, 0.25) is 0 Å². The van der Waals surface area contributed by atoms with E-state index in [1.807, 2.05) is 0 Å². The summed E-state index contributed by atoms with van der Waals surface area (Å²) in [5, 5.41) is 9.98. The predicted octanol–water partition coefficient (Wildman–Crippen LogP) is 2.00. The highest BCUT2D eigenvalue weighted by atomic mass is 19.1. The van der Waals surface area contributed by atoms with Crippen molar-refractivity contribution in [3.63, 3.8) is 0 Å². The van der Waals surface area contributed by atoms with Crippen molar-refractivity contribution in [2.75, 3.05) is 13.2 Å². The molecule has 1 N–H and O–H groups in total. The second-order valence-corrected chi connectivity index (χ2v) is 5.15. The summed E-state index contributed by atoms with van der Waals surface area (Å²) in [7, 11) is 0. The molecule has 6 heteroatoms. The quantitative estimate of drug-likeness (QED) is 0.903. The van der Waals surface area contributed by atoms with Gasteiger partial charge in [0.25, 0.3) is 0 Å². The van der Waals surface area contributed by atoms with Crippen LogP contribution in [-0.2, 0) is 9.47 Å². The zero-order chi connectivity index (χ0) is 14.2. The Morgan fingerprint density at radius 2 is 2.00 bits per heavy atom. The van der Waals surface area contributed by atoms with Gasteiger partial charge in [0.05, 0.1) is 19.3 Å². The number of halogens is 2. The van der Waals surface area contributed by atoms with Gasteiger partial charge in [-0.3, -0.25) is 0 Å². The van der Waals surface area contributed by atoms with Gasteiger partial charge in [-0.25, -0.2) is 8.78 Å². The standard InChI is InChI=1S/C14H16F2O4/c15-9-1-2-10(16)12(7-9)20-13-8-14(4-3-11(13)17)18-5-6-19-14/h1-2,7,11,13,17H,3-6,8H2. The fraction of sp³-hybridized carbons (Fsp3) is 0.571. The number of ether oxygens (including phenoxy) is 3. The molecular formula is C14H16F2O4. The van der Waals surface area contributed by atoms with Crippen LogP contribution in [0.1, 0.15) is 19.3 Å². The van der Waals surface area contributed by atoms with Crippen LogP contribution in [0, 0.1) is 11.6 Å². The Bertz CT molecular complexity index is 488. The molecule has 2 atom stereocenters. The Morgan fingerprint density at radius 1 is 1.25 bits per heavy atom. The van der Waals surface area contributed by atoms with E-state index in [4.69, 9.17) is 14.2 Å². The maximum absolute atomic E-state index is 13.6. The topological polar surface area (TPSA) is 47.9 Å². The first-order valence-corrected chi connectivity index (χ1v) is 6.66. The van der Waals surface area contributed by atoms with Crippen LogP contribution in [0.5, 0.6) is 5.75 Å². The number of hydrogen-bond acceptors (Lipinski definition) is 4. The molecule has 20 heavy (non-hydrogen) atoms. The van der Waals surface area contributed by atoms with Crippen molar-refractivity contribution in [2.24, 2.45) is 0 Å². The molecule has 1 saturated heterocycles. The normalized spacial score (nSPS) is 28.8. The molecule has 2 fully saturated rings. The van der Waals surface area contributed by atoms with Crippen LogP contribution in [-0.4, -0.2) is 36.3 Å². The smallest absolute Gasteiger partial charge is 0.172 e. The van der Waals surface area contributed by atoms with Gasteiger partial charge in [0, 0.05) is 18.9 Å².